The van der Waals surface area contributed by atoms with Gasteiger partial charge in [-0.2, -0.15) is 0 Å². The highest BCUT2D eigenvalue weighted by Crippen LogP contribution is 2.20. The van der Waals surface area contributed by atoms with Crippen molar-refractivity contribution in [3.05, 3.63) is 24.2 Å². The highest BCUT2D eigenvalue weighted by atomic mass is 15.2. The molecular formula is C14H21N5. The van der Waals surface area contributed by atoms with E-state index >= 15 is 0 Å². The first-order valence-electron chi connectivity index (χ1n) is 7.07. The van der Waals surface area contributed by atoms with Crippen LogP contribution in [-0.4, -0.2) is 39.1 Å². The zero-order chi connectivity index (χ0) is 13.2. The maximum absolute atomic E-state index is 5.77. The molecule has 3 rings (SSSR count). The van der Waals surface area contributed by atoms with Gasteiger partial charge in [0.25, 0.3) is 0 Å². The Morgan fingerprint density at radius 1 is 1.42 bits per heavy atom. The average Bonchev–Trinajstić information content (AvgIpc) is 2.81. The lowest BCUT2D eigenvalue weighted by Crippen LogP contribution is -2.36. The summed E-state index contributed by atoms with van der Waals surface area (Å²) in [6.45, 7) is 5.80. The summed E-state index contributed by atoms with van der Waals surface area (Å²) >= 11 is 0. The summed E-state index contributed by atoms with van der Waals surface area (Å²) in [6, 6.07) is 3.77. The molecule has 1 unspecified atom stereocenters. The number of aromatic nitrogens is 3. The Morgan fingerprint density at radius 3 is 3.16 bits per heavy atom. The molecule has 2 aromatic rings. The summed E-state index contributed by atoms with van der Waals surface area (Å²) in [4.78, 5) is 2.52. The van der Waals surface area contributed by atoms with Crippen LogP contribution in [0.4, 0.5) is 5.69 Å². The summed E-state index contributed by atoms with van der Waals surface area (Å²) in [6.07, 6.45) is 5.56. The van der Waals surface area contributed by atoms with Gasteiger partial charge in [-0.15, -0.1) is 10.2 Å². The third-order valence-corrected chi connectivity index (χ3v) is 4.03. The molecule has 1 saturated heterocycles. The third-order valence-electron chi connectivity index (χ3n) is 4.03. The second kappa shape index (κ2) is 5.17. The smallest absolute Gasteiger partial charge is 0.162 e. The van der Waals surface area contributed by atoms with E-state index in [4.69, 9.17) is 5.73 Å². The lowest BCUT2D eigenvalue weighted by atomic mass is 9.94. The lowest BCUT2D eigenvalue weighted by molar-refractivity contribution is 0.180. The molecule has 0 spiro atoms. The molecule has 0 amide bonds. The Kier molecular flexibility index (Phi) is 3.38. The van der Waals surface area contributed by atoms with E-state index in [2.05, 4.69) is 26.4 Å². The second-order valence-electron chi connectivity index (χ2n) is 5.41. The summed E-state index contributed by atoms with van der Waals surface area (Å²) in [5.74, 6) is 1.75. The maximum atomic E-state index is 5.77. The van der Waals surface area contributed by atoms with Gasteiger partial charge in [0.1, 0.15) is 5.82 Å². The molecule has 102 valence electrons. The van der Waals surface area contributed by atoms with Crippen molar-refractivity contribution in [2.24, 2.45) is 5.92 Å². The van der Waals surface area contributed by atoms with Gasteiger partial charge in [0, 0.05) is 30.9 Å². The first kappa shape index (κ1) is 12.4. The number of pyridine rings is 1. The molecule has 0 aromatic carbocycles. The number of fused-ring (bicyclic) bond motifs is 1. The zero-order valence-electron chi connectivity index (χ0n) is 11.4. The Hall–Kier alpha value is -1.62. The van der Waals surface area contributed by atoms with Crippen LogP contribution in [0.1, 0.15) is 25.6 Å². The fourth-order valence-corrected chi connectivity index (χ4v) is 2.96. The van der Waals surface area contributed by atoms with Crippen LogP contribution in [0.3, 0.4) is 0 Å². The number of hydrogen-bond acceptors (Lipinski definition) is 4. The van der Waals surface area contributed by atoms with Crippen molar-refractivity contribution in [2.45, 2.75) is 26.2 Å². The van der Waals surface area contributed by atoms with Crippen LogP contribution in [0.15, 0.2) is 18.3 Å². The van der Waals surface area contributed by atoms with E-state index in [-0.39, 0.29) is 0 Å². The Balaban J connectivity index is 1.77. The molecule has 0 bridgehead atoms. The van der Waals surface area contributed by atoms with Crippen molar-refractivity contribution in [3.8, 4) is 0 Å². The Labute approximate surface area is 113 Å². The van der Waals surface area contributed by atoms with Crippen molar-refractivity contribution in [1.82, 2.24) is 19.5 Å². The molecule has 1 atom stereocenters. The summed E-state index contributed by atoms with van der Waals surface area (Å²) in [5.41, 5.74) is 7.35. The number of nitrogens with two attached hydrogens (primary N) is 1. The number of hydrogen-bond donors (Lipinski definition) is 1. The minimum absolute atomic E-state index is 0.693. The number of nitrogens with zero attached hydrogens (tertiary/aromatic N) is 4. The van der Waals surface area contributed by atoms with E-state index in [0.717, 1.165) is 30.1 Å². The van der Waals surface area contributed by atoms with Crippen LogP contribution in [0.5, 0.6) is 0 Å². The fraction of sp³-hybridized carbons (Fsp3) is 0.571. The predicted octanol–water partition coefficient (Wildman–Crippen LogP) is 1.59. The molecule has 2 N–H and O–H groups in total. The van der Waals surface area contributed by atoms with Gasteiger partial charge in [-0.3, -0.25) is 4.40 Å². The minimum atomic E-state index is 0.693. The molecule has 2 aromatic heterocycles. The summed E-state index contributed by atoms with van der Waals surface area (Å²) in [5, 5.41) is 8.52. The Bertz CT molecular complexity index is 562. The van der Waals surface area contributed by atoms with Crippen LogP contribution in [-0.2, 0) is 6.42 Å². The highest BCUT2D eigenvalue weighted by molar-refractivity contribution is 5.51. The maximum Gasteiger partial charge on any atom is 0.162 e. The zero-order valence-corrected chi connectivity index (χ0v) is 11.4. The summed E-state index contributed by atoms with van der Waals surface area (Å²) in [7, 11) is 0. The minimum Gasteiger partial charge on any atom is -0.399 e. The van der Waals surface area contributed by atoms with E-state index in [1.165, 1.54) is 25.9 Å². The molecule has 1 fully saturated rings. The van der Waals surface area contributed by atoms with Gasteiger partial charge >= 0.3 is 0 Å². The van der Waals surface area contributed by atoms with Gasteiger partial charge in [-0.05, 0) is 37.9 Å². The summed E-state index contributed by atoms with van der Waals surface area (Å²) < 4.78 is 2.06. The quantitative estimate of drug-likeness (QED) is 0.909. The number of nitrogen functional groups attached to an aromatic ring is 1. The SMILES string of the molecule is CCN1CCCC(Cc2nnc3cc(N)ccn23)C1. The Morgan fingerprint density at radius 2 is 2.32 bits per heavy atom. The molecule has 0 radical (unpaired) electrons. The van der Waals surface area contributed by atoms with Crippen LogP contribution >= 0.6 is 0 Å². The first-order chi connectivity index (χ1) is 9.26. The van der Waals surface area contributed by atoms with E-state index in [0.29, 0.717) is 5.92 Å². The molecule has 1 aliphatic heterocycles. The van der Waals surface area contributed by atoms with E-state index < -0.39 is 0 Å². The second-order valence-corrected chi connectivity index (χ2v) is 5.41. The van der Waals surface area contributed by atoms with E-state index in [1.807, 2.05) is 18.3 Å². The standard InChI is InChI=1S/C14H21N5/c1-2-18-6-3-4-11(10-18)8-13-16-17-14-9-12(15)5-7-19(13)14/h5,7,9,11H,2-4,6,8,10,15H2,1H3. The van der Waals surface area contributed by atoms with E-state index in [9.17, 15) is 0 Å². The first-order valence-corrected chi connectivity index (χ1v) is 7.07. The molecule has 0 aliphatic carbocycles. The molecular weight excluding hydrogens is 238 g/mol. The third kappa shape index (κ3) is 2.56. The molecule has 5 nitrogen and oxygen atoms in total. The van der Waals surface area contributed by atoms with E-state index in [1.54, 1.807) is 0 Å². The van der Waals surface area contributed by atoms with Crippen LogP contribution < -0.4 is 5.73 Å². The van der Waals surface area contributed by atoms with Gasteiger partial charge in [0.2, 0.25) is 0 Å². The van der Waals surface area contributed by atoms with Crippen LogP contribution in [0, 0.1) is 5.92 Å². The molecule has 3 heterocycles. The van der Waals surface area contributed by atoms with Gasteiger partial charge in [0.05, 0.1) is 0 Å². The normalized spacial score (nSPS) is 21.0. The van der Waals surface area contributed by atoms with Crippen molar-refractivity contribution >= 4 is 11.3 Å². The number of anilines is 1. The van der Waals surface area contributed by atoms with Crippen LogP contribution in [0.25, 0.3) is 5.65 Å². The van der Waals surface area contributed by atoms with Crippen molar-refractivity contribution < 1.29 is 0 Å². The van der Waals surface area contributed by atoms with Crippen molar-refractivity contribution in [3.63, 3.8) is 0 Å². The number of likely N-dealkylation sites (tertiary alicyclic amines) is 1. The predicted molar refractivity (Wildman–Crippen MR) is 75.9 cm³/mol. The van der Waals surface area contributed by atoms with Gasteiger partial charge < -0.3 is 10.6 Å². The monoisotopic (exact) mass is 259 g/mol. The number of piperidine rings is 1. The lowest BCUT2D eigenvalue weighted by Gasteiger charge is -2.31. The largest absolute Gasteiger partial charge is 0.399 e. The van der Waals surface area contributed by atoms with Crippen LogP contribution in [0.2, 0.25) is 0 Å². The molecule has 19 heavy (non-hydrogen) atoms. The van der Waals surface area contributed by atoms with Gasteiger partial charge in [-0.25, -0.2) is 0 Å². The molecule has 1 aliphatic rings. The van der Waals surface area contributed by atoms with Gasteiger partial charge in [-0.1, -0.05) is 6.92 Å². The van der Waals surface area contributed by atoms with Crippen molar-refractivity contribution in [2.75, 3.05) is 25.4 Å². The highest BCUT2D eigenvalue weighted by Gasteiger charge is 2.20. The average molecular weight is 259 g/mol. The fourth-order valence-electron chi connectivity index (χ4n) is 2.96. The molecule has 5 heteroatoms. The van der Waals surface area contributed by atoms with Gasteiger partial charge in [0.15, 0.2) is 5.65 Å². The molecule has 0 saturated carbocycles. The topological polar surface area (TPSA) is 59.5 Å². The van der Waals surface area contributed by atoms with Crippen molar-refractivity contribution in [1.29, 1.82) is 0 Å². The number of rotatable bonds is 3.